The summed E-state index contributed by atoms with van der Waals surface area (Å²) in [6, 6.07) is 6.60. The molecule has 2 rings (SSSR count). The summed E-state index contributed by atoms with van der Waals surface area (Å²) in [5, 5.41) is 1.63. The minimum absolute atomic E-state index is 0.0241. The molecule has 0 aliphatic rings. The maximum Gasteiger partial charge on any atom is 0.241 e. The van der Waals surface area contributed by atoms with E-state index in [1.165, 1.54) is 19.2 Å². The summed E-state index contributed by atoms with van der Waals surface area (Å²) in [7, 11) is -2.44. The fourth-order valence-electron chi connectivity index (χ4n) is 2.08. The van der Waals surface area contributed by atoms with Crippen LogP contribution in [0, 0.1) is 0 Å². The maximum absolute atomic E-state index is 12.3. The highest BCUT2D eigenvalue weighted by Crippen LogP contribution is 2.33. The second-order valence-corrected chi connectivity index (χ2v) is 6.82. The van der Waals surface area contributed by atoms with Crippen LogP contribution in [0.5, 0.6) is 5.75 Å². The third kappa shape index (κ3) is 3.69. The summed E-state index contributed by atoms with van der Waals surface area (Å²) in [5.41, 5.74) is 0. The van der Waals surface area contributed by atoms with Crippen molar-refractivity contribution in [3.63, 3.8) is 0 Å². The van der Waals surface area contributed by atoms with Crippen LogP contribution in [-0.2, 0) is 19.6 Å². The molecule has 0 spiro atoms. The van der Waals surface area contributed by atoms with Crippen molar-refractivity contribution in [1.82, 2.24) is 4.72 Å². The summed E-state index contributed by atoms with van der Waals surface area (Å²) in [4.78, 5) is 21.2. The van der Waals surface area contributed by atoms with Crippen LogP contribution in [0.2, 0.25) is 5.02 Å². The van der Waals surface area contributed by atoms with Gasteiger partial charge in [0.1, 0.15) is 18.3 Å². The van der Waals surface area contributed by atoms with E-state index in [1.807, 2.05) is 0 Å². The van der Waals surface area contributed by atoms with Gasteiger partial charge in [-0.25, -0.2) is 13.1 Å². The summed E-state index contributed by atoms with van der Waals surface area (Å²) in [6.45, 7) is 0. The lowest BCUT2D eigenvalue weighted by Gasteiger charge is -2.12. The number of carbonyl (C=O) groups is 2. The number of benzene rings is 2. The highest BCUT2D eigenvalue weighted by Gasteiger charge is 2.20. The average molecular weight is 356 g/mol. The van der Waals surface area contributed by atoms with Gasteiger partial charge in [-0.1, -0.05) is 23.7 Å². The van der Waals surface area contributed by atoms with Crippen molar-refractivity contribution in [2.75, 3.05) is 7.11 Å². The number of ether oxygens (including phenoxy) is 1. The molecule has 23 heavy (non-hydrogen) atoms. The van der Waals surface area contributed by atoms with Gasteiger partial charge in [-0.2, -0.15) is 0 Å². The molecule has 0 unspecified atom stereocenters. The second kappa shape index (κ2) is 7.08. The lowest BCUT2D eigenvalue weighted by molar-refractivity contribution is -0.113. The number of methoxy groups -OCH3 is 1. The normalized spacial score (nSPS) is 12.8. The molecule has 6 nitrogen and oxygen atoms in total. The molecule has 0 aromatic heterocycles. The molecular formula is C15H14ClNO5S. The molecule has 8 heteroatoms. The molecule has 2 aromatic carbocycles. The Morgan fingerprint density at radius 3 is 2.61 bits per heavy atom. The third-order valence-corrected chi connectivity index (χ3v) is 5.12. The van der Waals surface area contributed by atoms with Gasteiger partial charge in [-0.15, -0.1) is 0 Å². The third-order valence-electron chi connectivity index (χ3n) is 3.24. The first-order valence-corrected chi connectivity index (χ1v) is 8.46. The van der Waals surface area contributed by atoms with Crippen molar-refractivity contribution in [2.24, 2.45) is 0 Å². The first-order valence-electron chi connectivity index (χ1n) is 6.60. The first kappa shape index (κ1) is 17.4. The number of sulfonamides is 1. The standard InChI is InChI=1S/C15H14ClNO5S/c1-22-14-5-2-10-8-12(3-4-13(10)15(14)16)23(20,21)17-11(9-19)6-7-18/h2-5,7-9,11,17H,6H2,1H3/t11-/m0/s1. The average Bonchev–Trinajstić information content (AvgIpc) is 2.54. The Morgan fingerprint density at radius 2 is 2.00 bits per heavy atom. The molecule has 1 atom stereocenters. The monoisotopic (exact) mass is 355 g/mol. The number of halogens is 1. The predicted octanol–water partition coefficient (Wildman–Crippen LogP) is 1.94. The SMILES string of the molecule is COc1ccc2cc(S(=O)(=O)N[C@H](C=O)CC=O)ccc2c1Cl. The van der Waals surface area contributed by atoms with E-state index < -0.39 is 16.1 Å². The van der Waals surface area contributed by atoms with Gasteiger partial charge in [-0.05, 0) is 23.6 Å². The molecular weight excluding hydrogens is 342 g/mol. The van der Waals surface area contributed by atoms with Gasteiger partial charge in [0.25, 0.3) is 0 Å². The van der Waals surface area contributed by atoms with Crippen molar-refractivity contribution >= 4 is 45.0 Å². The fourth-order valence-corrected chi connectivity index (χ4v) is 3.61. The van der Waals surface area contributed by atoms with E-state index in [4.69, 9.17) is 16.3 Å². The number of nitrogens with one attached hydrogen (secondary N) is 1. The second-order valence-electron chi connectivity index (χ2n) is 4.73. The lowest BCUT2D eigenvalue weighted by atomic mass is 10.1. The molecule has 0 fully saturated rings. The molecule has 122 valence electrons. The van der Waals surface area contributed by atoms with Crippen molar-refractivity contribution in [3.05, 3.63) is 35.4 Å². The zero-order valence-electron chi connectivity index (χ0n) is 12.2. The summed E-state index contributed by atoms with van der Waals surface area (Å²) in [5.74, 6) is 0.486. The largest absolute Gasteiger partial charge is 0.495 e. The lowest BCUT2D eigenvalue weighted by Crippen LogP contribution is -2.36. The molecule has 2 aromatic rings. The summed E-state index contributed by atoms with van der Waals surface area (Å²) in [6.07, 6.45) is 0.641. The van der Waals surface area contributed by atoms with Crippen LogP contribution in [-0.4, -0.2) is 34.1 Å². The minimum atomic E-state index is -3.93. The van der Waals surface area contributed by atoms with Gasteiger partial charge in [-0.3, -0.25) is 0 Å². The Labute approximate surface area is 138 Å². The van der Waals surface area contributed by atoms with Crippen LogP contribution in [0.15, 0.2) is 35.2 Å². The molecule has 0 radical (unpaired) electrons. The number of aldehydes is 2. The molecule has 1 N–H and O–H groups in total. The van der Waals surface area contributed by atoms with Crippen LogP contribution in [0.3, 0.4) is 0 Å². The van der Waals surface area contributed by atoms with Gasteiger partial charge < -0.3 is 14.3 Å². The van der Waals surface area contributed by atoms with Crippen LogP contribution < -0.4 is 9.46 Å². The Hall–Kier alpha value is -1.96. The highest BCUT2D eigenvalue weighted by atomic mass is 35.5. The van der Waals surface area contributed by atoms with Crippen LogP contribution in [0.1, 0.15) is 6.42 Å². The molecule has 0 saturated carbocycles. The number of fused-ring (bicyclic) bond motifs is 1. The van der Waals surface area contributed by atoms with Crippen LogP contribution in [0.25, 0.3) is 10.8 Å². The van der Waals surface area contributed by atoms with E-state index in [9.17, 15) is 18.0 Å². The minimum Gasteiger partial charge on any atom is -0.495 e. The van der Waals surface area contributed by atoms with Gasteiger partial charge in [0.2, 0.25) is 10.0 Å². The van der Waals surface area contributed by atoms with Gasteiger partial charge in [0, 0.05) is 11.8 Å². The molecule has 0 aliphatic carbocycles. The fraction of sp³-hybridized carbons (Fsp3) is 0.200. The van der Waals surface area contributed by atoms with E-state index in [-0.39, 0.29) is 11.3 Å². The summed E-state index contributed by atoms with van der Waals surface area (Å²) < 4.78 is 31.9. The molecule has 0 saturated heterocycles. The quantitative estimate of drug-likeness (QED) is 0.766. The number of rotatable bonds is 7. The molecule has 0 aliphatic heterocycles. The highest BCUT2D eigenvalue weighted by molar-refractivity contribution is 7.89. The van der Waals surface area contributed by atoms with Gasteiger partial charge in [0.15, 0.2) is 0 Å². The Morgan fingerprint density at radius 1 is 1.26 bits per heavy atom. The van der Waals surface area contributed by atoms with Gasteiger partial charge >= 0.3 is 0 Å². The smallest absolute Gasteiger partial charge is 0.241 e. The van der Waals surface area contributed by atoms with E-state index in [0.717, 1.165) is 0 Å². The zero-order chi connectivity index (χ0) is 17.0. The van der Waals surface area contributed by atoms with Crippen molar-refractivity contribution in [1.29, 1.82) is 0 Å². The number of hydrogen-bond acceptors (Lipinski definition) is 5. The van der Waals surface area contributed by atoms with Crippen LogP contribution >= 0.6 is 11.6 Å². The topological polar surface area (TPSA) is 89.5 Å². The van der Waals surface area contributed by atoms with Crippen molar-refractivity contribution < 1.29 is 22.7 Å². The van der Waals surface area contributed by atoms with Crippen molar-refractivity contribution in [2.45, 2.75) is 17.4 Å². The van der Waals surface area contributed by atoms with E-state index in [1.54, 1.807) is 18.2 Å². The first-order chi connectivity index (χ1) is 10.9. The van der Waals surface area contributed by atoms with E-state index in [0.29, 0.717) is 34.1 Å². The van der Waals surface area contributed by atoms with E-state index >= 15 is 0 Å². The Balaban J connectivity index is 2.44. The Kier molecular flexibility index (Phi) is 5.35. The number of hydrogen-bond donors (Lipinski definition) is 1. The predicted molar refractivity (Wildman–Crippen MR) is 86.4 cm³/mol. The maximum atomic E-state index is 12.3. The van der Waals surface area contributed by atoms with Crippen molar-refractivity contribution in [3.8, 4) is 5.75 Å². The molecule has 0 heterocycles. The molecule has 0 bridgehead atoms. The summed E-state index contributed by atoms with van der Waals surface area (Å²) >= 11 is 6.18. The molecule has 0 amide bonds. The van der Waals surface area contributed by atoms with Crippen LogP contribution in [0.4, 0.5) is 0 Å². The zero-order valence-corrected chi connectivity index (χ0v) is 13.7. The van der Waals surface area contributed by atoms with E-state index in [2.05, 4.69) is 4.72 Å². The van der Waals surface area contributed by atoms with Gasteiger partial charge in [0.05, 0.1) is 23.1 Å². The number of carbonyl (C=O) groups excluding carboxylic acids is 2. The Bertz CT molecular complexity index is 850.